The van der Waals surface area contributed by atoms with Gasteiger partial charge < -0.3 is 9.53 Å². The molecule has 0 radical (unpaired) electrons. The third-order valence-electron chi connectivity index (χ3n) is 7.61. The fourth-order valence-corrected chi connectivity index (χ4v) is 6.25. The molecular weight excluding hydrogens is 320 g/mol. The number of ketones is 2. The van der Waals surface area contributed by atoms with E-state index in [0.717, 1.165) is 12.7 Å². The minimum Gasteiger partial charge on any atom is -0.464 e. The van der Waals surface area contributed by atoms with Crippen LogP contribution in [0, 0.1) is 39.9 Å². The molecule has 5 nitrogen and oxygen atoms in total. The molecule has 0 N–H and O–H groups in total. The van der Waals surface area contributed by atoms with Crippen molar-refractivity contribution < 1.29 is 23.9 Å². The number of cyclic esters (lactones) is 1. The summed E-state index contributed by atoms with van der Waals surface area (Å²) in [5.41, 5.74) is -2.87. The van der Waals surface area contributed by atoms with Crippen molar-refractivity contribution in [3.05, 3.63) is 12.2 Å². The van der Waals surface area contributed by atoms with E-state index in [0.29, 0.717) is 12.8 Å². The number of hydrogen-bond acceptors (Lipinski definition) is 5. The summed E-state index contributed by atoms with van der Waals surface area (Å²) in [6, 6.07) is 0. The largest absolute Gasteiger partial charge is 0.464 e. The molecule has 4 rings (SSSR count). The van der Waals surface area contributed by atoms with E-state index in [4.69, 9.17) is 4.74 Å². The van der Waals surface area contributed by atoms with Gasteiger partial charge in [0, 0.05) is 11.8 Å². The van der Waals surface area contributed by atoms with E-state index in [2.05, 4.69) is 0 Å². The van der Waals surface area contributed by atoms with E-state index in [1.807, 2.05) is 20.8 Å². The van der Waals surface area contributed by atoms with Gasteiger partial charge in [-0.2, -0.15) is 0 Å². The lowest BCUT2D eigenvalue weighted by atomic mass is 9.46. The number of ether oxygens (including phenoxy) is 1. The molecule has 1 saturated heterocycles. The Kier molecular flexibility index (Phi) is 3.26. The van der Waals surface area contributed by atoms with Crippen LogP contribution in [0.15, 0.2) is 12.2 Å². The van der Waals surface area contributed by atoms with Crippen LogP contribution >= 0.6 is 0 Å². The number of aldehydes is 1. The lowest BCUT2D eigenvalue weighted by molar-refractivity contribution is -0.202. The van der Waals surface area contributed by atoms with Gasteiger partial charge >= 0.3 is 5.97 Å². The SMILES string of the molecule is CC1C(=O)[C@]23CC1CCC2[C@]1(COC3=O)C(=O)C=CC(C)(C)C1C=O. The summed E-state index contributed by atoms with van der Waals surface area (Å²) in [5, 5.41) is 0. The summed E-state index contributed by atoms with van der Waals surface area (Å²) in [5.74, 6) is -1.81. The number of carbonyl (C=O) groups is 4. The van der Waals surface area contributed by atoms with Gasteiger partial charge in [0.2, 0.25) is 0 Å². The van der Waals surface area contributed by atoms with E-state index in [1.165, 1.54) is 6.08 Å². The van der Waals surface area contributed by atoms with Crippen LogP contribution in [0.5, 0.6) is 0 Å². The number of esters is 1. The minimum absolute atomic E-state index is 0.0890. The molecule has 1 heterocycles. The van der Waals surface area contributed by atoms with Gasteiger partial charge in [0.25, 0.3) is 0 Å². The zero-order chi connectivity index (χ0) is 18.2. The van der Waals surface area contributed by atoms with Crippen molar-refractivity contribution in [2.45, 2.75) is 40.0 Å². The second-order valence-electron chi connectivity index (χ2n) is 8.97. The van der Waals surface area contributed by atoms with Crippen LogP contribution in [0.3, 0.4) is 0 Å². The van der Waals surface area contributed by atoms with Gasteiger partial charge in [0.15, 0.2) is 11.6 Å². The lowest BCUT2D eigenvalue weighted by Crippen LogP contribution is -2.66. The second-order valence-corrected chi connectivity index (χ2v) is 8.97. The predicted octanol–water partition coefficient (Wildman–Crippen LogP) is 2.13. The van der Waals surface area contributed by atoms with Crippen LogP contribution in [-0.2, 0) is 23.9 Å². The Morgan fingerprint density at radius 3 is 2.60 bits per heavy atom. The number of rotatable bonds is 1. The van der Waals surface area contributed by atoms with E-state index >= 15 is 0 Å². The number of Topliss-reactive ketones (excluding diaryl/α,β-unsaturated/α-hetero) is 1. The van der Waals surface area contributed by atoms with Crippen LogP contribution < -0.4 is 0 Å². The average Bonchev–Trinajstić information content (AvgIpc) is 2.77. The molecule has 4 aliphatic rings. The molecule has 0 aromatic rings. The van der Waals surface area contributed by atoms with Gasteiger partial charge in [0.1, 0.15) is 18.3 Å². The first-order chi connectivity index (χ1) is 11.7. The third-order valence-corrected chi connectivity index (χ3v) is 7.61. The van der Waals surface area contributed by atoms with E-state index < -0.39 is 34.1 Å². The molecule has 0 aromatic carbocycles. The maximum Gasteiger partial charge on any atom is 0.320 e. The molecule has 134 valence electrons. The average molecular weight is 344 g/mol. The number of allylic oxidation sites excluding steroid dienone is 2. The van der Waals surface area contributed by atoms with E-state index in [1.54, 1.807) is 6.08 Å². The Morgan fingerprint density at radius 1 is 1.20 bits per heavy atom. The normalized spacial score (nSPS) is 47.6. The minimum atomic E-state index is -1.24. The highest BCUT2D eigenvalue weighted by Gasteiger charge is 2.74. The second kappa shape index (κ2) is 4.89. The lowest BCUT2D eigenvalue weighted by Gasteiger charge is -2.57. The monoisotopic (exact) mass is 344 g/mol. The zero-order valence-corrected chi connectivity index (χ0v) is 14.9. The maximum absolute atomic E-state index is 13.1. The fourth-order valence-electron chi connectivity index (χ4n) is 6.25. The molecule has 0 aromatic heterocycles. The molecule has 2 saturated carbocycles. The number of fused-ring (bicyclic) bond motifs is 2. The quantitative estimate of drug-likeness (QED) is 0.414. The first-order valence-electron chi connectivity index (χ1n) is 9.12. The summed E-state index contributed by atoms with van der Waals surface area (Å²) >= 11 is 0. The highest BCUT2D eigenvalue weighted by atomic mass is 16.5. The van der Waals surface area contributed by atoms with Gasteiger partial charge in [0.05, 0.1) is 5.41 Å². The highest BCUT2D eigenvalue weighted by molar-refractivity contribution is 6.10. The van der Waals surface area contributed by atoms with Crippen molar-refractivity contribution in [3.63, 3.8) is 0 Å². The Labute approximate surface area is 147 Å². The van der Waals surface area contributed by atoms with Crippen molar-refractivity contribution in [2.75, 3.05) is 6.61 Å². The van der Waals surface area contributed by atoms with Crippen LogP contribution in [0.4, 0.5) is 0 Å². The Bertz CT molecular complexity index is 720. The summed E-state index contributed by atoms with van der Waals surface area (Å²) in [4.78, 5) is 51.1. The van der Waals surface area contributed by atoms with Gasteiger partial charge in [-0.3, -0.25) is 14.4 Å². The summed E-state index contributed by atoms with van der Waals surface area (Å²) in [7, 11) is 0. The van der Waals surface area contributed by atoms with Crippen molar-refractivity contribution in [2.24, 2.45) is 39.9 Å². The molecule has 5 heteroatoms. The Hall–Kier alpha value is -1.78. The van der Waals surface area contributed by atoms with E-state index in [9.17, 15) is 19.2 Å². The molecule has 3 fully saturated rings. The molecule has 6 atom stereocenters. The molecule has 3 aliphatic carbocycles. The van der Waals surface area contributed by atoms with Gasteiger partial charge in [-0.05, 0) is 42.6 Å². The molecule has 25 heavy (non-hydrogen) atoms. The Morgan fingerprint density at radius 2 is 1.92 bits per heavy atom. The summed E-state index contributed by atoms with van der Waals surface area (Å²) in [6.45, 7) is 5.62. The third kappa shape index (κ3) is 1.74. The summed E-state index contributed by atoms with van der Waals surface area (Å²) in [6.07, 6.45) is 6.03. The van der Waals surface area contributed by atoms with Gasteiger partial charge in [-0.1, -0.05) is 26.8 Å². The first-order valence-corrected chi connectivity index (χ1v) is 9.12. The van der Waals surface area contributed by atoms with Crippen LogP contribution in [0.1, 0.15) is 40.0 Å². The molecule has 2 spiro atoms. The topological polar surface area (TPSA) is 77.5 Å². The summed E-state index contributed by atoms with van der Waals surface area (Å²) < 4.78 is 5.50. The van der Waals surface area contributed by atoms with Gasteiger partial charge in [-0.15, -0.1) is 0 Å². The maximum atomic E-state index is 13.1. The molecule has 2 bridgehead atoms. The number of carbonyl (C=O) groups excluding carboxylic acids is 4. The van der Waals surface area contributed by atoms with Crippen molar-refractivity contribution in [1.82, 2.24) is 0 Å². The first kappa shape index (κ1) is 16.7. The zero-order valence-electron chi connectivity index (χ0n) is 14.9. The van der Waals surface area contributed by atoms with Crippen LogP contribution in [0.2, 0.25) is 0 Å². The predicted molar refractivity (Wildman–Crippen MR) is 88.3 cm³/mol. The van der Waals surface area contributed by atoms with Crippen molar-refractivity contribution >= 4 is 23.8 Å². The highest BCUT2D eigenvalue weighted by Crippen LogP contribution is 2.66. The molecule has 4 unspecified atom stereocenters. The van der Waals surface area contributed by atoms with Gasteiger partial charge in [-0.25, -0.2) is 0 Å². The number of hydrogen-bond donors (Lipinski definition) is 0. The Balaban J connectivity index is 1.94. The van der Waals surface area contributed by atoms with Crippen LogP contribution in [0.25, 0.3) is 0 Å². The molecule has 1 aliphatic heterocycles. The van der Waals surface area contributed by atoms with Crippen molar-refractivity contribution in [1.29, 1.82) is 0 Å². The standard InChI is InChI=1S/C20H24O5/c1-11-12-4-5-13-19(8-12,16(11)23)17(24)25-10-20(13)14(9-21)18(2,3)7-6-15(20)22/h6-7,9,11-14H,4-5,8,10H2,1-3H3/t11?,12?,13?,14?,19-,20-/m0/s1. The van der Waals surface area contributed by atoms with E-state index in [-0.39, 0.29) is 30.0 Å². The fraction of sp³-hybridized carbons (Fsp3) is 0.700. The van der Waals surface area contributed by atoms with Crippen molar-refractivity contribution in [3.8, 4) is 0 Å². The molecule has 0 amide bonds. The smallest absolute Gasteiger partial charge is 0.320 e. The van der Waals surface area contributed by atoms with Crippen LogP contribution in [-0.4, -0.2) is 30.4 Å². The molecular formula is C20H24O5.